The highest BCUT2D eigenvalue weighted by molar-refractivity contribution is 5.21. The van der Waals surface area contributed by atoms with Crippen molar-refractivity contribution in [1.82, 2.24) is 0 Å². The van der Waals surface area contributed by atoms with Crippen LogP contribution in [-0.2, 0) is 6.42 Å². The van der Waals surface area contributed by atoms with Gasteiger partial charge in [-0.25, -0.2) is 0 Å². The lowest BCUT2D eigenvalue weighted by molar-refractivity contribution is 0.619. The molecule has 0 fully saturated rings. The van der Waals surface area contributed by atoms with Crippen LogP contribution in [-0.4, -0.2) is 0 Å². The normalized spacial score (nSPS) is 21.2. The molecule has 0 N–H and O–H groups in total. The first-order valence-electron chi connectivity index (χ1n) is 6.17. The van der Waals surface area contributed by atoms with E-state index in [1.807, 2.05) is 0 Å². The first-order chi connectivity index (χ1) is 7.45. The molecule has 0 radical (unpaired) electrons. The second kappa shape index (κ2) is 5.75. The molecule has 0 heteroatoms. The van der Waals surface area contributed by atoms with Crippen molar-refractivity contribution >= 4 is 0 Å². The van der Waals surface area contributed by atoms with Crippen molar-refractivity contribution in [3.05, 3.63) is 47.5 Å². The van der Waals surface area contributed by atoms with Gasteiger partial charge in [0.2, 0.25) is 0 Å². The van der Waals surface area contributed by atoms with Crippen LogP contribution in [0.5, 0.6) is 0 Å². The third kappa shape index (κ3) is 3.54. The summed E-state index contributed by atoms with van der Waals surface area (Å²) in [6, 6.07) is 10.8. The lowest BCUT2D eigenvalue weighted by Gasteiger charge is -2.11. The number of rotatable bonds is 2. The third-order valence-electron chi connectivity index (χ3n) is 3.16. The quantitative estimate of drug-likeness (QED) is 0.616. The van der Waals surface area contributed by atoms with Gasteiger partial charge in [-0.15, -0.1) is 0 Å². The van der Waals surface area contributed by atoms with Gasteiger partial charge < -0.3 is 0 Å². The summed E-state index contributed by atoms with van der Waals surface area (Å²) in [7, 11) is 0. The largest absolute Gasteiger partial charge is 0.0850 e. The Morgan fingerprint density at radius 2 is 1.67 bits per heavy atom. The highest BCUT2D eigenvalue weighted by Gasteiger charge is 2.02. The molecule has 0 aliphatic heterocycles. The second-order valence-electron chi connectivity index (χ2n) is 4.48. The second-order valence-corrected chi connectivity index (χ2v) is 4.48. The summed E-state index contributed by atoms with van der Waals surface area (Å²) >= 11 is 0. The van der Waals surface area contributed by atoms with Gasteiger partial charge in [-0.3, -0.25) is 0 Å². The average Bonchev–Trinajstić information content (AvgIpc) is 2.23. The van der Waals surface area contributed by atoms with E-state index < -0.39 is 0 Å². The Balaban J connectivity index is 1.97. The van der Waals surface area contributed by atoms with E-state index in [1.54, 1.807) is 5.57 Å². The highest BCUT2D eigenvalue weighted by atomic mass is 14.1. The van der Waals surface area contributed by atoms with E-state index in [0.29, 0.717) is 0 Å². The van der Waals surface area contributed by atoms with E-state index in [2.05, 4.69) is 36.4 Å². The Labute approximate surface area is 93.0 Å². The molecular formula is C15H20. The van der Waals surface area contributed by atoms with Gasteiger partial charge >= 0.3 is 0 Å². The molecule has 1 aliphatic rings. The van der Waals surface area contributed by atoms with Gasteiger partial charge in [-0.1, -0.05) is 54.8 Å². The van der Waals surface area contributed by atoms with Crippen LogP contribution in [0.4, 0.5) is 0 Å². The average molecular weight is 200 g/mol. The lowest BCUT2D eigenvalue weighted by Crippen LogP contribution is -1.94. The smallest absolute Gasteiger partial charge is 0.00671 e. The molecule has 1 aromatic carbocycles. The Kier molecular flexibility index (Phi) is 4.01. The first kappa shape index (κ1) is 10.5. The van der Waals surface area contributed by atoms with Crippen LogP contribution in [0.15, 0.2) is 42.0 Å². The molecule has 0 unspecified atom stereocenters. The zero-order chi connectivity index (χ0) is 10.3. The maximum atomic E-state index is 2.48. The van der Waals surface area contributed by atoms with Gasteiger partial charge in [-0.2, -0.15) is 0 Å². The molecule has 0 bridgehead atoms. The van der Waals surface area contributed by atoms with Gasteiger partial charge in [0.15, 0.2) is 0 Å². The molecule has 1 aromatic rings. The molecule has 0 amide bonds. The van der Waals surface area contributed by atoms with Crippen molar-refractivity contribution in [2.75, 3.05) is 0 Å². The summed E-state index contributed by atoms with van der Waals surface area (Å²) in [4.78, 5) is 0. The van der Waals surface area contributed by atoms with Gasteiger partial charge in [0.25, 0.3) is 0 Å². The Bertz CT molecular complexity index is 308. The van der Waals surface area contributed by atoms with Crippen molar-refractivity contribution < 1.29 is 0 Å². The Morgan fingerprint density at radius 3 is 2.53 bits per heavy atom. The predicted molar refractivity (Wildman–Crippen MR) is 65.9 cm³/mol. The molecular weight excluding hydrogens is 180 g/mol. The van der Waals surface area contributed by atoms with Crippen LogP contribution in [0.3, 0.4) is 0 Å². The molecule has 15 heavy (non-hydrogen) atoms. The summed E-state index contributed by atoms with van der Waals surface area (Å²) in [5.41, 5.74) is 3.12. The van der Waals surface area contributed by atoms with Gasteiger partial charge in [0.1, 0.15) is 0 Å². The van der Waals surface area contributed by atoms with Crippen molar-refractivity contribution in [1.29, 1.82) is 0 Å². The zero-order valence-electron chi connectivity index (χ0n) is 9.41. The van der Waals surface area contributed by atoms with E-state index in [1.165, 1.54) is 50.5 Å². The third-order valence-corrected chi connectivity index (χ3v) is 3.16. The van der Waals surface area contributed by atoms with Crippen molar-refractivity contribution in [3.8, 4) is 0 Å². The van der Waals surface area contributed by atoms with Crippen molar-refractivity contribution in [2.24, 2.45) is 0 Å². The van der Waals surface area contributed by atoms with Gasteiger partial charge in [0.05, 0.1) is 0 Å². The number of hydrogen-bond donors (Lipinski definition) is 0. The van der Waals surface area contributed by atoms with Crippen molar-refractivity contribution in [3.63, 3.8) is 0 Å². The standard InChI is InChI=1S/C15H20/c1-2-5-9-14(10-6-3-1)13-15-11-7-4-8-12-15/h4,7-9,11-12H,1-3,5-6,10,13H2/b14-9-. The summed E-state index contributed by atoms with van der Waals surface area (Å²) in [5, 5.41) is 0. The molecule has 0 nitrogen and oxygen atoms in total. The minimum Gasteiger partial charge on any atom is -0.0850 e. The lowest BCUT2D eigenvalue weighted by atomic mass is 9.95. The summed E-state index contributed by atoms with van der Waals surface area (Å²) in [6.07, 6.45) is 11.9. The molecule has 0 saturated carbocycles. The molecule has 0 saturated heterocycles. The summed E-state index contributed by atoms with van der Waals surface area (Å²) < 4.78 is 0. The maximum Gasteiger partial charge on any atom is -0.00671 e. The topological polar surface area (TPSA) is 0 Å². The monoisotopic (exact) mass is 200 g/mol. The fourth-order valence-electron chi connectivity index (χ4n) is 2.28. The highest BCUT2D eigenvalue weighted by Crippen LogP contribution is 2.20. The van der Waals surface area contributed by atoms with E-state index in [0.717, 1.165) is 0 Å². The van der Waals surface area contributed by atoms with Gasteiger partial charge in [-0.05, 0) is 37.7 Å². The predicted octanol–water partition coefficient (Wildman–Crippen LogP) is 4.51. The van der Waals surface area contributed by atoms with Gasteiger partial charge in [0, 0.05) is 0 Å². The minimum atomic E-state index is 1.17. The Hall–Kier alpha value is -1.04. The summed E-state index contributed by atoms with van der Waals surface area (Å²) in [5.74, 6) is 0. The molecule has 0 atom stereocenters. The SMILES string of the molecule is C1=C(\Cc2ccccc2)CCCCCC/1. The van der Waals surface area contributed by atoms with Crippen molar-refractivity contribution in [2.45, 2.75) is 44.9 Å². The minimum absolute atomic E-state index is 1.17. The molecule has 0 aromatic heterocycles. The summed E-state index contributed by atoms with van der Waals surface area (Å²) in [6.45, 7) is 0. The zero-order valence-corrected chi connectivity index (χ0v) is 9.41. The van der Waals surface area contributed by atoms with Crippen LogP contribution >= 0.6 is 0 Å². The molecule has 1 aliphatic carbocycles. The van der Waals surface area contributed by atoms with Crippen LogP contribution < -0.4 is 0 Å². The van der Waals surface area contributed by atoms with E-state index >= 15 is 0 Å². The number of allylic oxidation sites excluding steroid dienone is 2. The molecule has 2 rings (SSSR count). The van der Waals surface area contributed by atoms with Crippen LogP contribution in [0.1, 0.15) is 44.1 Å². The maximum absolute atomic E-state index is 2.48. The molecule has 0 heterocycles. The molecule has 0 spiro atoms. The number of hydrogen-bond acceptors (Lipinski definition) is 0. The fourth-order valence-corrected chi connectivity index (χ4v) is 2.28. The fraction of sp³-hybridized carbons (Fsp3) is 0.467. The van der Waals surface area contributed by atoms with Crippen LogP contribution in [0, 0.1) is 0 Å². The van der Waals surface area contributed by atoms with Crippen LogP contribution in [0.25, 0.3) is 0 Å². The van der Waals surface area contributed by atoms with Crippen LogP contribution in [0.2, 0.25) is 0 Å². The van der Waals surface area contributed by atoms with E-state index in [9.17, 15) is 0 Å². The Morgan fingerprint density at radius 1 is 0.867 bits per heavy atom. The van der Waals surface area contributed by atoms with E-state index in [4.69, 9.17) is 0 Å². The van der Waals surface area contributed by atoms with E-state index in [-0.39, 0.29) is 0 Å². The molecule has 80 valence electrons. The number of benzene rings is 1. The first-order valence-corrected chi connectivity index (χ1v) is 6.17.